The molecule has 4 rings (SSSR count). The summed E-state index contributed by atoms with van der Waals surface area (Å²) in [5, 5.41) is 8.18. The highest BCUT2D eigenvalue weighted by Crippen LogP contribution is 2.30. The molecule has 0 atom stereocenters. The van der Waals surface area contributed by atoms with Gasteiger partial charge in [-0.3, -0.25) is 4.98 Å². The molecule has 5 nitrogen and oxygen atoms in total. The van der Waals surface area contributed by atoms with Gasteiger partial charge < -0.3 is 4.98 Å². The summed E-state index contributed by atoms with van der Waals surface area (Å²) in [6, 6.07) is 4.55. The number of aryl methyl sites for hydroxylation is 2. The van der Waals surface area contributed by atoms with Gasteiger partial charge in [0, 0.05) is 33.8 Å². The van der Waals surface area contributed by atoms with E-state index in [1.165, 1.54) is 23.0 Å². The largest absolute Gasteiger partial charge is 0.353 e. The topological polar surface area (TPSA) is 59.4 Å². The fourth-order valence-electron chi connectivity index (χ4n) is 2.58. The SMILES string of the molecule is [2H]C([2H])([2H])c1nnn(C)c1-c1cnc2c(c1)[nH]c1cc(Cl)c(F)cc12. The lowest BCUT2D eigenvalue weighted by atomic mass is 10.1. The zero-order valence-electron chi connectivity index (χ0n) is 14.4. The summed E-state index contributed by atoms with van der Waals surface area (Å²) in [6.45, 7) is -2.39. The molecule has 0 saturated heterocycles. The first-order valence-corrected chi connectivity index (χ1v) is 6.80. The Balaban J connectivity index is 1.97. The monoisotopic (exact) mass is 318 g/mol. The van der Waals surface area contributed by atoms with Crippen molar-refractivity contribution in [1.29, 1.82) is 0 Å². The van der Waals surface area contributed by atoms with E-state index in [1.807, 2.05) is 0 Å². The minimum atomic E-state index is -2.39. The van der Waals surface area contributed by atoms with E-state index in [0.717, 1.165) is 0 Å². The maximum absolute atomic E-state index is 13.7. The van der Waals surface area contributed by atoms with Crippen LogP contribution in [0.3, 0.4) is 0 Å². The Labute approximate surface area is 133 Å². The molecule has 0 amide bonds. The second-order valence-electron chi connectivity index (χ2n) is 4.97. The third kappa shape index (κ3) is 1.80. The van der Waals surface area contributed by atoms with Crippen LogP contribution in [0, 0.1) is 12.7 Å². The fourth-order valence-corrected chi connectivity index (χ4v) is 2.74. The molecule has 0 aliphatic heterocycles. The standard InChI is InChI=1S/C15H11ClFN5/c1-7-15(22(2)21-20-7)8-3-13-14(18-6-8)9-4-11(17)10(16)5-12(9)19-13/h3-6,19H,1-2H3/i1D3. The number of pyridine rings is 1. The zero-order chi connectivity index (χ0) is 17.9. The molecular weight excluding hydrogens is 305 g/mol. The van der Waals surface area contributed by atoms with Crippen LogP contribution in [0.1, 0.15) is 9.81 Å². The molecule has 0 unspecified atom stereocenters. The zero-order valence-corrected chi connectivity index (χ0v) is 12.1. The van der Waals surface area contributed by atoms with E-state index in [0.29, 0.717) is 33.2 Å². The van der Waals surface area contributed by atoms with Gasteiger partial charge in [-0.2, -0.15) is 0 Å². The van der Waals surface area contributed by atoms with Crippen LogP contribution < -0.4 is 0 Å². The number of benzene rings is 1. The van der Waals surface area contributed by atoms with E-state index >= 15 is 0 Å². The summed E-state index contributed by atoms with van der Waals surface area (Å²) in [5.74, 6) is -0.526. The Kier molecular flexibility index (Phi) is 2.11. The Morgan fingerprint density at radius 1 is 1.32 bits per heavy atom. The number of rotatable bonds is 1. The molecule has 0 spiro atoms. The van der Waals surface area contributed by atoms with E-state index in [-0.39, 0.29) is 10.7 Å². The fraction of sp³-hybridized carbons (Fsp3) is 0.133. The minimum Gasteiger partial charge on any atom is -0.353 e. The van der Waals surface area contributed by atoms with E-state index in [4.69, 9.17) is 15.7 Å². The van der Waals surface area contributed by atoms with Crippen LogP contribution in [0.4, 0.5) is 4.39 Å². The number of hydrogen-bond donors (Lipinski definition) is 1. The number of aromatic nitrogens is 5. The van der Waals surface area contributed by atoms with Crippen molar-refractivity contribution >= 4 is 33.5 Å². The molecule has 0 aliphatic carbocycles. The predicted molar refractivity (Wildman–Crippen MR) is 83.3 cm³/mol. The van der Waals surface area contributed by atoms with Crippen LogP contribution in [-0.2, 0) is 7.05 Å². The molecule has 4 aromatic rings. The quantitative estimate of drug-likeness (QED) is 0.583. The molecule has 110 valence electrons. The van der Waals surface area contributed by atoms with Crippen LogP contribution in [0.25, 0.3) is 33.2 Å². The van der Waals surface area contributed by atoms with Crippen molar-refractivity contribution in [2.24, 2.45) is 7.05 Å². The molecular formula is C15H11ClFN5. The Hall–Kier alpha value is -2.47. The molecule has 0 bridgehead atoms. The van der Waals surface area contributed by atoms with Crippen LogP contribution in [0.15, 0.2) is 24.4 Å². The van der Waals surface area contributed by atoms with Crippen molar-refractivity contribution in [3.05, 3.63) is 40.9 Å². The van der Waals surface area contributed by atoms with Crippen molar-refractivity contribution in [2.45, 2.75) is 6.85 Å². The maximum Gasteiger partial charge on any atom is 0.142 e. The van der Waals surface area contributed by atoms with Crippen LogP contribution >= 0.6 is 11.6 Å². The molecule has 0 aliphatic rings. The van der Waals surface area contributed by atoms with Gasteiger partial charge in [-0.05, 0) is 25.1 Å². The lowest BCUT2D eigenvalue weighted by molar-refractivity contribution is 0.630. The lowest BCUT2D eigenvalue weighted by Crippen LogP contribution is -1.95. The average molecular weight is 319 g/mol. The highest BCUT2D eigenvalue weighted by Gasteiger charge is 2.14. The summed E-state index contributed by atoms with van der Waals surface area (Å²) in [5.41, 5.74) is 2.65. The number of nitrogens with one attached hydrogen (secondary N) is 1. The van der Waals surface area contributed by atoms with Gasteiger partial charge in [-0.15, -0.1) is 5.10 Å². The van der Waals surface area contributed by atoms with Gasteiger partial charge in [-0.25, -0.2) is 9.07 Å². The summed E-state index contributed by atoms with van der Waals surface area (Å²) < 4.78 is 38.0. The van der Waals surface area contributed by atoms with Gasteiger partial charge >= 0.3 is 0 Å². The van der Waals surface area contributed by atoms with Gasteiger partial charge in [0.25, 0.3) is 0 Å². The van der Waals surface area contributed by atoms with Crippen molar-refractivity contribution in [3.63, 3.8) is 0 Å². The first-order chi connectivity index (χ1) is 11.8. The molecule has 22 heavy (non-hydrogen) atoms. The van der Waals surface area contributed by atoms with Gasteiger partial charge in [-0.1, -0.05) is 16.8 Å². The van der Waals surface area contributed by atoms with E-state index in [1.54, 1.807) is 13.1 Å². The minimum absolute atomic E-state index is 0.0137. The summed E-state index contributed by atoms with van der Waals surface area (Å²) >= 11 is 5.82. The summed E-state index contributed by atoms with van der Waals surface area (Å²) in [6.07, 6.45) is 1.52. The Morgan fingerprint density at radius 2 is 2.18 bits per heavy atom. The van der Waals surface area contributed by atoms with Crippen molar-refractivity contribution in [3.8, 4) is 11.3 Å². The Morgan fingerprint density at radius 3 is 3.00 bits per heavy atom. The van der Waals surface area contributed by atoms with Crippen LogP contribution in [0.2, 0.25) is 5.02 Å². The molecule has 0 fully saturated rings. The van der Waals surface area contributed by atoms with Gasteiger partial charge in [0.2, 0.25) is 0 Å². The van der Waals surface area contributed by atoms with E-state index in [2.05, 4.69) is 20.3 Å². The molecule has 1 aromatic carbocycles. The van der Waals surface area contributed by atoms with Crippen molar-refractivity contribution in [1.82, 2.24) is 25.0 Å². The molecule has 0 radical (unpaired) electrons. The van der Waals surface area contributed by atoms with Gasteiger partial charge in [0.15, 0.2) is 0 Å². The van der Waals surface area contributed by atoms with Crippen LogP contribution in [0.5, 0.6) is 0 Å². The number of fused-ring (bicyclic) bond motifs is 3. The highest BCUT2D eigenvalue weighted by molar-refractivity contribution is 6.31. The number of nitrogens with zero attached hydrogens (tertiary/aromatic N) is 4. The van der Waals surface area contributed by atoms with Gasteiger partial charge in [0.05, 0.1) is 27.4 Å². The summed E-state index contributed by atoms with van der Waals surface area (Å²) in [4.78, 5) is 7.49. The summed E-state index contributed by atoms with van der Waals surface area (Å²) in [7, 11) is 1.61. The molecule has 0 saturated carbocycles. The first-order valence-electron chi connectivity index (χ1n) is 7.92. The number of hydrogen-bond acceptors (Lipinski definition) is 3. The number of H-pyrrole nitrogens is 1. The maximum atomic E-state index is 13.7. The lowest BCUT2D eigenvalue weighted by Gasteiger charge is -2.02. The smallest absolute Gasteiger partial charge is 0.142 e. The second kappa shape index (κ2) is 4.51. The van der Waals surface area contributed by atoms with E-state index < -0.39 is 12.7 Å². The number of halogens is 2. The van der Waals surface area contributed by atoms with Crippen molar-refractivity contribution < 1.29 is 8.50 Å². The highest BCUT2D eigenvalue weighted by atomic mass is 35.5. The Bertz CT molecular complexity index is 1130. The van der Waals surface area contributed by atoms with Crippen LogP contribution in [-0.4, -0.2) is 25.0 Å². The third-order valence-corrected chi connectivity index (χ3v) is 3.86. The molecule has 7 heteroatoms. The third-order valence-electron chi connectivity index (χ3n) is 3.57. The first kappa shape index (κ1) is 10.3. The average Bonchev–Trinajstić information content (AvgIpc) is 3.07. The molecule has 3 aromatic heterocycles. The second-order valence-corrected chi connectivity index (χ2v) is 5.37. The molecule has 3 heterocycles. The number of aromatic amines is 1. The molecule has 1 N–H and O–H groups in total. The normalized spacial score (nSPS) is 14.2. The van der Waals surface area contributed by atoms with Crippen molar-refractivity contribution in [2.75, 3.05) is 0 Å². The van der Waals surface area contributed by atoms with Gasteiger partial charge in [0.1, 0.15) is 5.82 Å². The van der Waals surface area contributed by atoms with E-state index in [9.17, 15) is 4.39 Å². The predicted octanol–water partition coefficient (Wildman–Crippen LogP) is 3.61.